The van der Waals surface area contributed by atoms with Crippen molar-refractivity contribution in [2.24, 2.45) is 0 Å². The summed E-state index contributed by atoms with van der Waals surface area (Å²) in [6.07, 6.45) is -4.60. The summed E-state index contributed by atoms with van der Waals surface area (Å²) in [5.74, 6) is -1.02. The molecule has 0 radical (unpaired) electrons. The first-order valence-electron chi connectivity index (χ1n) is 4.24. The second-order valence-corrected chi connectivity index (χ2v) is 4.39. The third kappa shape index (κ3) is 2.55. The Morgan fingerprint density at radius 1 is 1.24 bits per heavy atom. The average molecular weight is 283 g/mol. The zero-order valence-corrected chi connectivity index (χ0v) is 9.50. The van der Waals surface area contributed by atoms with Gasteiger partial charge in [-0.25, -0.2) is 9.37 Å². The lowest BCUT2D eigenvalue weighted by molar-refractivity contribution is -0.137. The predicted octanol–water partition coefficient (Wildman–Crippen LogP) is 4.02. The third-order valence-electron chi connectivity index (χ3n) is 1.93. The minimum Gasteiger partial charge on any atom is -0.207 e. The molecule has 0 bridgehead atoms. The summed E-state index contributed by atoms with van der Waals surface area (Å²) in [7, 11) is 0. The molecule has 90 valence electrons. The Labute approximate surface area is 102 Å². The first kappa shape index (κ1) is 12.3. The van der Waals surface area contributed by atoms with Crippen LogP contribution >= 0.6 is 23.1 Å². The highest BCUT2D eigenvalue weighted by Crippen LogP contribution is 2.37. The van der Waals surface area contributed by atoms with E-state index in [1.54, 1.807) is 0 Å². The summed E-state index contributed by atoms with van der Waals surface area (Å²) >= 11 is 6.23. The van der Waals surface area contributed by atoms with Gasteiger partial charge in [-0.05, 0) is 41.3 Å². The van der Waals surface area contributed by atoms with Gasteiger partial charge in [0, 0.05) is 5.56 Å². The summed E-state index contributed by atoms with van der Waals surface area (Å²) < 4.78 is 54.6. The maximum Gasteiger partial charge on any atom is 0.417 e. The fraction of sp³-hybridized carbons (Fsp3) is 0.111. The van der Waals surface area contributed by atoms with Gasteiger partial charge in [-0.1, -0.05) is 0 Å². The molecule has 0 fully saturated rings. The van der Waals surface area contributed by atoms with Crippen LogP contribution < -0.4 is 0 Å². The standard InChI is InChI=1S/C9H3ClF4N2S/c10-8-15-7(16-17-8)5-3-4(11)1-2-6(5)9(12,13)14/h1-3H. The highest BCUT2D eigenvalue weighted by Gasteiger charge is 2.34. The molecule has 0 N–H and O–H groups in total. The summed E-state index contributed by atoms with van der Waals surface area (Å²) in [6.45, 7) is 0. The quantitative estimate of drug-likeness (QED) is 0.738. The van der Waals surface area contributed by atoms with E-state index in [0.717, 1.165) is 23.7 Å². The average Bonchev–Trinajstić information content (AvgIpc) is 2.62. The molecule has 0 saturated carbocycles. The van der Waals surface area contributed by atoms with Gasteiger partial charge in [0.25, 0.3) is 0 Å². The minimum absolute atomic E-state index is 0.00242. The van der Waals surface area contributed by atoms with Crippen molar-refractivity contribution < 1.29 is 17.6 Å². The molecule has 0 aliphatic heterocycles. The van der Waals surface area contributed by atoms with Crippen LogP contribution in [0, 0.1) is 5.82 Å². The minimum atomic E-state index is -4.60. The van der Waals surface area contributed by atoms with Gasteiger partial charge in [-0.2, -0.15) is 17.5 Å². The number of halogens is 5. The van der Waals surface area contributed by atoms with Gasteiger partial charge in [0.2, 0.25) is 4.47 Å². The first-order valence-corrected chi connectivity index (χ1v) is 5.39. The normalized spacial score (nSPS) is 11.8. The molecule has 0 aliphatic rings. The van der Waals surface area contributed by atoms with Gasteiger partial charge in [0.05, 0.1) is 5.56 Å². The molecule has 0 atom stereocenters. The second-order valence-electron chi connectivity index (χ2n) is 3.06. The second kappa shape index (κ2) is 4.23. The molecule has 0 unspecified atom stereocenters. The molecule has 0 spiro atoms. The maximum atomic E-state index is 13.0. The highest BCUT2D eigenvalue weighted by atomic mass is 35.5. The molecule has 1 heterocycles. The number of nitrogens with zero attached hydrogens (tertiary/aromatic N) is 2. The van der Waals surface area contributed by atoms with Gasteiger partial charge >= 0.3 is 6.18 Å². The van der Waals surface area contributed by atoms with E-state index < -0.39 is 23.1 Å². The van der Waals surface area contributed by atoms with E-state index in [0.29, 0.717) is 6.07 Å². The van der Waals surface area contributed by atoms with Crippen molar-refractivity contribution in [1.82, 2.24) is 9.36 Å². The fourth-order valence-corrected chi connectivity index (χ4v) is 1.87. The molecule has 8 heteroatoms. The first-order chi connectivity index (χ1) is 7.88. The zero-order valence-electron chi connectivity index (χ0n) is 7.92. The molecule has 17 heavy (non-hydrogen) atoms. The van der Waals surface area contributed by atoms with E-state index in [4.69, 9.17) is 11.6 Å². The monoisotopic (exact) mass is 282 g/mol. The van der Waals surface area contributed by atoms with Crippen molar-refractivity contribution in [3.05, 3.63) is 34.0 Å². The van der Waals surface area contributed by atoms with Gasteiger partial charge in [-0.3, -0.25) is 0 Å². The van der Waals surface area contributed by atoms with Crippen LogP contribution in [0.4, 0.5) is 17.6 Å². The number of alkyl halides is 3. The Morgan fingerprint density at radius 3 is 2.47 bits per heavy atom. The maximum absolute atomic E-state index is 13.0. The SMILES string of the molecule is Fc1ccc(C(F)(F)F)c(-c2nsc(Cl)n2)c1. The topological polar surface area (TPSA) is 25.8 Å². The number of aromatic nitrogens is 2. The molecule has 2 rings (SSSR count). The number of hydrogen-bond donors (Lipinski definition) is 0. The van der Waals surface area contributed by atoms with Crippen molar-refractivity contribution in [3.63, 3.8) is 0 Å². The number of hydrogen-bond acceptors (Lipinski definition) is 3. The van der Waals surface area contributed by atoms with Crippen LogP contribution in [0.3, 0.4) is 0 Å². The summed E-state index contributed by atoms with van der Waals surface area (Å²) in [5.41, 5.74) is -1.41. The van der Waals surface area contributed by atoms with Crippen LogP contribution in [0.1, 0.15) is 5.56 Å². The molecule has 2 nitrogen and oxygen atoms in total. The van der Waals surface area contributed by atoms with Crippen LogP contribution in [0.25, 0.3) is 11.4 Å². The Balaban J connectivity index is 2.63. The summed E-state index contributed by atoms with van der Waals surface area (Å²) in [6, 6.07) is 2.13. The van der Waals surface area contributed by atoms with Crippen molar-refractivity contribution >= 4 is 23.1 Å². The van der Waals surface area contributed by atoms with Gasteiger partial charge < -0.3 is 0 Å². The molecule has 1 aromatic heterocycles. The van der Waals surface area contributed by atoms with Crippen LogP contribution in [0.5, 0.6) is 0 Å². The lowest BCUT2D eigenvalue weighted by atomic mass is 10.1. The van der Waals surface area contributed by atoms with Crippen LogP contribution in [-0.2, 0) is 6.18 Å². The van der Waals surface area contributed by atoms with Crippen LogP contribution in [0.2, 0.25) is 4.47 Å². The highest BCUT2D eigenvalue weighted by molar-refractivity contribution is 7.10. The van der Waals surface area contributed by atoms with Gasteiger partial charge in [0.1, 0.15) is 5.82 Å². The van der Waals surface area contributed by atoms with Crippen LogP contribution in [-0.4, -0.2) is 9.36 Å². The number of rotatable bonds is 1. The van der Waals surface area contributed by atoms with Crippen molar-refractivity contribution in [2.75, 3.05) is 0 Å². The molecule has 2 aromatic rings. The molecule has 0 amide bonds. The van der Waals surface area contributed by atoms with E-state index in [9.17, 15) is 17.6 Å². The Bertz CT molecular complexity index is 552. The summed E-state index contributed by atoms with van der Waals surface area (Å²) in [5, 5.41) is 0. The van der Waals surface area contributed by atoms with E-state index in [-0.39, 0.29) is 10.3 Å². The zero-order chi connectivity index (χ0) is 12.6. The Kier molecular flexibility index (Phi) is 3.05. The molecule has 1 aromatic carbocycles. The van der Waals surface area contributed by atoms with E-state index >= 15 is 0 Å². The lowest BCUT2D eigenvalue weighted by Crippen LogP contribution is -2.07. The molecule has 0 saturated heterocycles. The smallest absolute Gasteiger partial charge is 0.207 e. The van der Waals surface area contributed by atoms with Crippen LogP contribution in [0.15, 0.2) is 18.2 Å². The molecule has 0 aliphatic carbocycles. The lowest BCUT2D eigenvalue weighted by Gasteiger charge is -2.10. The van der Waals surface area contributed by atoms with Gasteiger partial charge in [0.15, 0.2) is 5.82 Å². The fourth-order valence-electron chi connectivity index (χ4n) is 1.26. The predicted molar refractivity (Wildman–Crippen MR) is 55.3 cm³/mol. The van der Waals surface area contributed by atoms with E-state index in [1.165, 1.54) is 0 Å². The molecular weight excluding hydrogens is 280 g/mol. The Hall–Kier alpha value is -1.21. The summed E-state index contributed by atoms with van der Waals surface area (Å²) in [4.78, 5) is 3.60. The van der Waals surface area contributed by atoms with E-state index in [1.807, 2.05) is 0 Å². The number of benzene rings is 1. The van der Waals surface area contributed by atoms with Gasteiger partial charge in [-0.15, -0.1) is 0 Å². The Morgan fingerprint density at radius 2 is 1.94 bits per heavy atom. The van der Waals surface area contributed by atoms with E-state index in [2.05, 4.69) is 9.36 Å². The molecular formula is C9H3ClF4N2S. The van der Waals surface area contributed by atoms with Crippen molar-refractivity contribution in [1.29, 1.82) is 0 Å². The third-order valence-corrected chi connectivity index (χ3v) is 2.73. The van der Waals surface area contributed by atoms with Crippen molar-refractivity contribution in [2.45, 2.75) is 6.18 Å². The van der Waals surface area contributed by atoms with Crippen molar-refractivity contribution in [3.8, 4) is 11.4 Å². The largest absolute Gasteiger partial charge is 0.417 e.